The zero-order chi connectivity index (χ0) is 21.4. The molecule has 9 heteroatoms. The second-order valence-electron chi connectivity index (χ2n) is 7.41. The van der Waals surface area contributed by atoms with Crippen LogP contribution in [0.5, 0.6) is 0 Å². The summed E-state index contributed by atoms with van der Waals surface area (Å²) in [6, 6.07) is 15.9. The van der Waals surface area contributed by atoms with Gasteiger partial charge in [-0.2, -0.15) is 4.98 Å². The molecular weight excluding hydrogens is 394 g/mol. The predicted molar refractivity (Wildman–Crippen MR) is 113 cm³/mol. The Morgan fingerprint density at radius 3 is 2.74 bits per heavy atom. The van der Waals surface area contributed by atoms with E-state index in [1.54, 1.807) is 4.68 Å². The molecular formula is C22H19N7O2. The van der Waals surface area contributed by atoms with Crippen LogP contribution in [-0.4, -0.2) is 34.7 Å². The van der Waals surface area contributed by atoms with Crippen LogP contribution in [0.25, 0.3) is 22.6 Å². The van der Waals surface area contributed by atoms with Crippen molar-refractivity contribution in [2.24, 2.45) is 0 Å². The van der Waals surface area contributed by atoms with E-state index in [2.05, 4.69) is 31.5 Å². The molecule has 5 aromatic rings. The van der Waals surface area contributed by atoms with E-state index in [0.717, 1.165) is 22.3 Å². The van der Waals surface area contributed by atoms with E-state index in [0.29, 0.717) is 23.9 Å². The second kappa shape index (κ2) is 7.60. The van der Waals surface area contributed by atoms with E-state index in [1.807, 2.05) is 56.3 Å². The first-order chi connectivity index (χ1) is 15.1. The van der Waals surface area contributed by atoms with Crippen LogP contribution in [0.1, 0.15) is 22.6 Å². The van der Waals surface area contributed by atoms with Gasteiger partial charge in [0.2, 0.25) is 11.7 Å². The minimum absolute atomic E-state index is 0.103. The minimum atomic E-state index is -0.309. The highest BCUT2D eigenvalue weighted by Crippen LogP contribution is 2.20. The Morgan fingerprint density at radius 1 is 1.03 bits per heavy atom. The van der Waals surface area contributed by atoms with Crippen molar-refractivity contribution in [2.45, 2.75) is 26.9 Å². The molecule has 3 heterocycles. The lowest BCUT2D eigenvalue weighted by Crippen LogP contribution is -2.21. The normalized spacial score (nSPS) is 11.3. The fraction of sp³-hybridized carbons (Fsp3) is 0.182. The van der Waals surface area contributed by atoms with Gasteiger partial charge in [0.05, 0.1) is 6.54 Å². The summed E-state index contributed by atoms with van der Waals surface area (Å²) in [7, 11) is 0. The summed E-state index contributed by atoms with van der Waals surface area (Å²) in [4.78, 5) is 21.7. The van der Waals surface area contributed by atoms with Crippen molar-refractivity contribution in [3.05, 3.63) is 87.8 Å². The number of hydrogen-bond donors (Lipinski definition) is 0. The quantitative estimate of drug-likeness (QED) is 0.436. The van der Waals surface area contributed by atoms with Crippen molar-refractivity contribution < 1.29 is 4.52 Å². The van der Waals surface area contributed by atoms with Gasteiger partial charge in [0.15, 0.2) is 11.2 Å². The summed E-state index contributed by atoms with van der Waals surface area (Å²) in [5, 5.41) is 12.2. The van der Waals surface area contributed by atoms with Crippen molar-refractivity contribution in [2.75, 3.05) is 0 Å². The van der Waals surface area contributed by atoms with Crippen molar-refractivity contribution in [3.63, 3.8) is 0 Å². The molecule has 0 fully saturated rings. The van der Waals surface area contributed by atoms with Crippen molar-refractivity contribution in [3.8, 4) is 11.4 Å². The zero-order valence-corrected chi connectivity index (χ0v) is 17.1. The Hall–Kier alpha value is -4.14. The zero-order valence-electron chi connectivity index (χ0n) is 17.1. The predicted octanol–water partition coefficient (Wildman–Crippen LogP) is 2.75. The van der Waals surface area contributed by atoms with Gasteiger partial charge in [0.1, 0.15) is 12.9 Å². The number of aryl methyl sites for hydroxylation is 2. The van der Waals surface area contributed by atoms with Crippen LogP contribution >= 0.6 is 0 Å². The van der Waals surface area contributed by atoms with Gasteiger partial charge in [-0.3, -0.25) is 9.36 Å². The highest BCUT2D eigenvalue weighted by molar-refractivity contribution is 5.67. The van der Waals surface area contributed by atoms with Crippen molar-refractivity contribution in [1.29, 1.82) is 0 Å². The molecule has 3 aromatic heterocycles. The van der Waals surface area contributed by atoms with E-state index in [4.69, 9.17) is 4.52 Å². The van der Waals surface area contributed by atoms with Gasteiger partial charge in [-0.05, 0) is 25.0 Å². The summed E-state index contributed by atoms with van der Waals surface area (Å²) in [5.41, 5.74) is 4.48. The van der Waals surface area contributed by atoms with Crippen LogP contribution in [0, 0.1) is 13.8 Å². The molecule has 0 amide bonds. The standard InChI is InChI=1S/C22H19N7O2/c1-14-6-5-8-16(10-14)11-29-21-19(25-27-29)22(30)28(13-23-21)12-18-24-20(26-31-18)17-9-4-3-7-15(17)2/h3-10,13H,11-12H2,1-2H3. The van der Waals surface area contributed by atoms with E-state index >= 15 is 0 Å². The lowest BCUT2D eigenvalue weighted by atomic mass is 10.1. The molecule has 31 heavy (non-hydrogen) atoms. The number of aromatic nitrogens is 7. The van der Waals surface area contributed by atoms with Gasteiger partial charge >= 0.3 is 0 Å². The fourth-order valence-corrected chi connectivity index (χ4v) is 3.49. The van der Waals surface area contributed by atoms with Crippen LogP contribution in [0.2, 0.25) is 0 Å². The van der Waals surface area contributed by atoms with E-state index in [9.17, 15) is 4.79 Å². The maximum atomic E-state index is 12.9. The molecule has 0 aliphatic carbocycles. The lowest BCUT2D eigenvalue weighted by Gasteiger charge is -2.04. The monoisotopic (exact) mass is 413 g/mol. The molecule has 0 atom stereocenters. The minimum Gasteiger partial charge on any atom is -0.337 e. The first-order valence-corrected chi connectivity index (χ1v) is 9.81. The third kappa shape index (κ3) is 3.61. The Kier molecular flexibility index (Phi) is 4.62. The lowest BCUT2D eigenvalue weighted by molar-refractivity contribution is 0.369. The average molecular weight is 413 g/mol. The van der Waals surface area contributed by atoms with Gasteiger partial charge in [0.25, 0.3) is 5.56 Å². The van der Waals surface area contributed by atoms with Gasteiger partial charge in [0, 0.05) is 5.56 Å². The molecule has 9 nitrogen and oxygen atoms in total. The smallest absolute Gasteiger partial charge is 0.283 e. The Labute approximate surface area is 177 Å². The van der Waals surface area contributed by atoms with Crippen LogP contribution in [0.3, 0.4) is 0 Å². The van der Waals surface area contributed by atoms with Gasteiger partial charge in [-0.25, -0.2) is 9.67 Å². The van der Waals surface area contributed by atoms with E-state index in [1.165, 1.54) is 10.9 Å². The third-order valence-electron chi connectivity index (χ3n) is 5.07. The van der Waals surface area contributed by atoms with Gasteiger partial charge in [-0.15, -0.1) is 5.10 Å². The number of hydrogen-bond acceptors (Lipinski definition) is 7. The van der Waals surface area contributed by atoms with Gasteiger partial charge in [-0.1, -0.05) is 64.5 Å². The number of rotatable bonds is 5. The molecule has 5 rings (SSSR count). The number of nitrogens with zero attached hydrogens (tertiary/aromatic N) is 7. The Bertz CT molecular complexity index is 1450. The van der Waals surface area contributed by atoms with E-state index in [-0.39, 0.29) is 17.6 Å². The maximum Gasteiger partial charge on any atom is 0.283 e. The molecule has 2 aromatic carbocycles. The molecule has 0 spiro atoms. The summed E-state index contributed by atoms with van der Waals surface area (Å²) in [5.74, 6) is 0.799. The largest absolute Gasteiger partial charge is 0.337 e. The van der Waals surface area contributed by atoms with E-state index < -0.39 is 0 Å². The summed E-state index contributed by atoms with van der Waals surface area (Å²) in [6.45, 7) is 4.60. The third-order valence-corrected chi connectivity index (χ3v) is 5.07. The highest BCUT2D eigenvalue weighted by Gasteiger charge is 2.15. The molecule has 0 bridgehead atoms. The van der Waals surface area contributed by atoms with Crippen molar-refractivity contribution >= 4 is 11.2 Å². The summed E-state index contributed by atoms with van der Waals surface area (Å²) < 4.78 is 8.37. The van der Waals surface area contributed by atoms with Crippen LogP contribution < -0.4 is 5.56 Å². The van der Waals surface area contributed by atoms with Crippen LogP contribution in [0.4, 0.5) is 0 Å². The Balaban J connectivity index is 1.42. The van der Waals surface area contributed by atoms with Crippen molar-refractivity contribution in [1.82, 2.24) is 34.7 Å². The maximum absolute atomic E-state index is 12.9. The molecule has 0 aliphatic rings. The average Bonchev–Trinajstić information content (AvgIpc) is 3.38. The summed E-state index contributed by atoms with van der Waals surface area (Å²) in [6.07, 6.45) is 1.46. The number of fused-ring (bicyclic) bond motifs is 1. The first-order valence-electron chi connectivity index (χ1n) is 9.81. The SMILES string of the molecule is Cc1cccc(Cn2nnc3c(=O)n(Cc4nc(-c5ccccc5C)no4)cnc32)c1. The molecule has 0 radical (unpaired) electrons. The molecule has 0 N–H and O–H groups in total. The highest BCUT2D eigenvalue weighted by atomic mass is 16.5. The topological polar surface area (TPSA) is 105 Å². The molecule has 0 unspecified atom stereocenters. The second-order valence-corrected chi connectivity index (χ2v) is 7.41. The Morgan fingerprint density at radius 2 is 1.90 bits per heavy atom. The van der Waals surface area contributed by atoms with Crippen LogP contribution in [0.15, 0.2) is 64.2 Å². The fourth-order valence-electron chi connectivity index (χ4n) is 3.49. The van der Waals surface area contributed by atoms with Crippen LogP contribution in [-0.2, 0) is 13.1 Å². The summed E-state index contributed by atoms with van der Waals surface area (Å²) >= 11 is 0. The number of benzene rings is 2. The first kappa shape index (κ1) is 18.9. The van der Waals surface area contributed by atoms with Gasteiger partial charge < -0.3 is 4.52 Å². The molecule has 0 aliphatic heterocycles. The molecule has 154 valence electrons. The molecule has 0 saturated carbocycles. The molecule has 0 saturated heterocycles.